The number of aromatic carboxylic acids is 1. The highest BCUT2D eigenvalue weighted by Gasteiger charge is 2.33. The smallest absolute Gasteiger partial charge is 0.341 e. The number of anilines is 1. The van der Waals surface area contributed by atoms with Gasteiger partial charge < -0.3 is 34.6 Å². The fraction of sp³-hybridized carbons (Fsp3) is 0.385. The third-order valence-electron chi connectivity index (χ3n) is 6.98. The van der Waals surface area contributed by atoms with E-state index < -0.39 is 22.8 Å². The third-order valence-corrected chi connectivity index (χ3v) is 6.98. The molecule has 6 rings (SSSR count). The predicted molar refractivity (Wildman–Crippen MR) is 136 cm³/mol. The van der Waals surface area contributed by atoms with E-state index in [9.17, 15) is 14.7 Å². The van der Waals surface area contributed by atoms with E-state index >= 15 is 4.39 Å². The van der Waals surface area contributed by atoms with Crippen LogP contribution in [0.3, 0.4) is 0 Å². The second-order valence-electron chi connectivity index (χ2n) is 9.63. The highest BCUT2D eigenvalue weighted by atomic mass is 19.1. The van der Waals surface area contributed by atoms with Crippen molar-refractivity contribution < 1.29 is 28.6 Å². The number of fused-ring (bicyclic) bond motifs is 2. The van der Waals surface area contributed by atoms with Crippen molar-refractivity contribution >= 4 is 28.5 Å². The third kappa shape index (κ3) is 4.40. The lowest BCUT2D eigenvalue weighted by Gasteiger charge is -2.19. The van der Waals surface area contributed by atoms with Crippen LogP contribution in [-0.4, -0.2) is 59.2 Å². The number of carbonyl (C=O) groups is 1. The highest BCUT2D eigenvalue weighted by Crippen LogP contribution is 2.37. The van der Waals surface area contributed by atoms with Gasteiger partial charge in [0.05, 0.1) is 17.6 Å². The Labute approximate surface area is 216 Å². The molecule has 38 heavy (non-hydrogen) atoms. The molecule has 3 aromatic rings. The second kappa shape index (κ2) is 9.60. The van der Waals surface area contributed by atoms with Crippen molar-refractivity contribution in [1.29, 1.82) is 0 Å². The minimum absolute atomic E-state index is 0.0310. The summed E-state index contributed by atoms with van der Waals surface area (Å²) in [5.41, 5.74) is 6.62. The number of carboxylic acids is 1. The summed E-state index contributed by atoms with van der Waals surface area (Å²) >= 11 is 0. The lowest BCUT2D eigenvalue weighted by molar-refractivity contribution is 0.0695. The van der Waals surface area contributed by atoms with Gasteiger partial charge in [-0.15, -0.1) is 0 Å². The van der Waals surface area contributed by atoms with Crippen LogP contribution in [0.25, 0.3) is 11.0 Å². The van der Waals surface area contributed by atoms with Crippen molar-refractivity contribution in [1.82, 2.24) is 9.55 Å². The molecule has 198 valence electrons. The Morgan fingerprint density at radius 2 is 2.03 bits per heavy atom. The molecule has 1 saturated heterocycles. The van der Waals surface area contributed by atoms with Gasteiger partial charge >= 0.3 is 5.97 Å². The number of nitrogens with two attached hydrogens (primary N) is 1. The molecule has 0 radical (unpaired) electrons. The van der Waals surface area contributed by atoms with E-state index in [4.69, 9.17) is 20.0 Å². The van der Waals surface area contributed by atoms with Crippen molar-refractivity contribution in [2.24, 2.45) is 16.8 Å². The van der Waals surface area contributed by atoms with Crippen LogP contribution in [-0.2, 0) is 11.4 Å². The molecule has 0 spiro atoms. The maximum Gasteiger partial charge on any atom is 0.341 e. The largest absolute Gasteiger partial charge is 0.486 e. The molecule has 1 aliphatic carbocycles. The normalized spacial score (nSPS) is 19.8. The van der Waals surface area contributed by atoms with E-state index in [0.717, 1.165) is 24.5 Å². The SMILES string of the molecule is NCC1CN(c2nc3c(cc2F)c(=O)c(C(=O)O)cn3C2CC2)C/C1=N\OCc1ccc2c(c1)OCCO2. The molecule has 12 heteroatoms. The van der Waals surface area contributed by atoms with Crippen LogP contribution in [0.4, 0.5) is 10.2 Å². The summed E-state index contributed by atoms with van der Waals surface area (Å²) in [6.45, 7) is 2.12. The van der Waals surface area contributed by atoms with Crippen LogP contribution in [0.2, 0.25) is 0 Å². The average molecular weight is 524 g/mol. The monoisotopic (exact) mass is 523 g/mol. The molecule has 0 amide bonds. The molecular weight excluding hydrogens is 497 g/mol. The number of hydrogen-bond donors (Lipinski definition) is 2. The molecule has 2 aliphatic heterocycles. The van der Waals surface area contributed by atoms with Crippen LogP contribution in [0.15, 0.2) is 40.4 Å². The number of hydrogen-bond acceptors (Lipinski definition) is 9. The average Bonchev–Trinajstić information content (AvgIpc) is 3.68. The Morgan fingerprint density at radius 1 is 1.24 bits per heavy atom. The van der Waals surface area contributed by atoms with Gasteiger partial charge in [-0.3, -0.25) is 4.79 Å². The van der Waals surface area contributed by atoms with Crippen molar-refractivity contribution in [3.05, 3.63) is 57.6 Å². The molecule has 0 bridgehead atoms. The van der Waals surface area contributed by atoms with Crippen molar-refractivity contribution in [3.8, 4) is 11.5 Å². The summed E-state index contributed by atoms with van der Waals surface area (Å²) in [5, 5.41) is 13.7. The fourth-order valence-electron chi connectivity index (χ4n) is 4.85. The number of rotatable bonds is 7. The van der Waals surface area contributed by atoms with Crippen LogP contribution in [0, 0.1) is 11.7 Å². The first-order valence-corrected chi connectivity index (χ1v) is 12.4. The lowest BCUT2D eigenvalue weighted by Crippen LogP contribution is -2.26. The Balaban J connectivity index is 1.25. The molecule has 1 atom stereocenters. The van der Waals surface area contributed by atoms with Crippen LogP contribution in [0.5, 0.6) is 11.5 Å². The van der Waals surface area contributed by atoms with E-state index in [2.05, 4.69) is 10.1 Å². The number of pyridine rings is 2. The van der Waals surface area contributed by atoms with Gasteiger partial charge in [0.15, 0.2) is 23.1 Å². The fourth-order valence-corrected chi connectivity index (χ4v) is 4.85. The van der Waals surface area contributed by atoms with Gasteiger partial charge in [0, 0.05) is 31.2 Å². The van der Waals surface area contributed by atoms with E-state index in [-0.39, 0.29) is 48.5 Å². The zero-order valence-electron chi connectivity index (χ0n) is 20.4. The number of nitrogens with zero attached hydrogens (tertiary/aromatic N) is 4. The summed E-state index contributed by atoms with van der Waals surface area (Å²) in [4.78, 5) is 36.2. The van der Waals surface area contributed by atoms with Crippen molar-refractivity contribution in [3.63, 3.8) is 0 Å². The molecule has 3 N–H and O–H groups in total. The quantitative estimate of drug-likeness (QED) is 0.446. The topological polar surface area (TPSA) is 141 Å². The summed E-state index contributed by atoms with van der Waals surface area (Å²) in [6.07, 6.45) is 2.98. The Kier molecular flexibility index (Phi) is 6.10. The van der Waals surface area contributed by atoms with E-state index in [1.165, 1.54) is 6.20 Å². The van der Waals surface area contributed by atoms with Gasteiger partial charge in [0.1, 0.15) is 31.0 Å². The van der Waals surface area contributed by atoms with E-state index in [1.807, 2.05) is 18.2 Å². The van der Waals surface area contributed by atoms with Gasteiger partial charge in [0.25, 0.3) is 0 Å². The standard InChI is InChI=1S/C26H26FN5O6/c27-19-8-17-23(33)18(26(34)35)11-32(16-2-3-16)24(17)29-25(19)31-10-15(9-28)20(12-31)30-38-13-14-1-4-21-22(7-14)37-6-5-36-21/h1,4,7-8,11,15-16H,2-3,5-6,9-10,12-13,28H2,(H,34,35)/b30-20+. The molecule has 11 nitrogen and oxygen atoms in total. The first-order chi connectivity index (χ1) is 18.4. The zero-order chi connectivity index (χ0) is 26.4. The number of ether oxygens (including phenoxy) is 2. The molecule has 2 fully saturated rings. The number of oxime groups is 1. The molecular formula is C26H26FN5O6. The van der Waals surface area contributed by atoms with Crippen LogP contribution < -0.4 is 25.5 Å². The first-order valence-electron chi connectivity index (χ1n) is 12.4. The predicted octanol–water partition coefficient (Wildman–Crippen LogP) is 2.31. The molecule has 2 aromatic heterocycles. The van der Waals surface area contributed by atoms with Crippen molar-refractivity contribution in [2.75, 3.05) is 37.7 Å². The van der Waals surface area contributed by atoms with Crippen molar-refractivity contribution in [2.45, 2.75) is 25.5 Å². The van der Waals surface area contributed by atoms with Gasteiger partial charge in [-0.2, -0.15) is 0 Å². The molecule has 3 aliphatic rings. The maximum absolute atomic E-state index is 15.3. The number of carboxylic acid groups (broad SMARTS) is 1. The Bertz CT molecular complexity index is 1520. The number of aromatic nitrogens is 2. The first kappa shape index (κ1) is 24.2. The van der Waals surface area contributed by atoms with Crippen LogP contribution in [0.1, 0.15) is 34.8 Å². The maximum atomic E-state index is 15.3. The zero-order valence-corrected chi connectivity index (χ0v) is 20.4. The van der Waals surface area contributed by atoms with Gasteiger partial charge in [-0.05, 0) is 36.6 Å². The van der Waals surface area contributed by atoms with Gasteiger partial charge in [-0.25, -0.2) is 14.2 Å². The molecule has 1 unspecified atom stereocenters. The summed E-state index contributed by atoms with van der Waals surface area (Å²) in [6, 6.07) is 6.66. The number of halogens is 1. The van der Waals surface area contributed by atoms with E-state index in [1.54, 1.807) is 9.47 Å². The number of benzene rings is 1. The summed E-state index contributed by atoms with van der Waals surface area (Å²) < 4.78 is 28.1. The Hall–Kier alpha value is -4.19. The second-order valence-corrected chi connectivity index (χ2v) is 9.63. The van der Waals surface area contributed by atoms with E-state index in [0.29, 0.717) is 37.0 Å². The minimum atomic E-state index is -1.35. The van der Waals surface area contributed by atoms with Gasteiger partial charge in [0.2, 0.25) is 5.43 Å². The van der Waals surface area contributed by atoms with Crippen LogP contribution >= 0.6 is 0 Å². The summed E-state index contributed by atoms with van der Waals surface area (Å²) in [7, 11) is 0. The summed E-state index contributed by atoms with van der Waals surface area (Å²) in [5.74, 6) is -0.823. The molecule has 1 saturated carbocycles. The minimum Gasteiger partial charge on any atom is -0.486 e. The lowest BCUT2D eigenvalue weighted by atomic mass is 10.1. The molecule has 1 aromatic carbocycles. The highest BCUT2D eigenvalue weighted by molar-refractivity contribution is 5.95. The van der Waals surface area contributed by atoms with Gasteiger partial charge in [-0.1, -0.05) is 11.2 Å². The molecule has 4 heterocycles. The Morgan fingerprint density at radius 3 is 2.76 bits per heavy atom.